The number of rotatable bonds is 4. The minimum atomic E-state index is -0.106. The Hall–Kier alpha value is -4.20. The maximum atomic E-state index is 11.4. The van der Waals surface area contributed by atoms with Crippen LogP contribution in [-0.2, 0) is 4.79 Å². The molecule has 1 N–H and O–H groups in total. The number of amides is 1. The second-order valence-corrected chi connectivity index (χ2v) is 6.93. The lowest BCUT2D eigenvalue weighted by molar-refractivity contribution is -0.114. The number of benzene rings is 1. The number of carbonyl (C=O) groups is 1. The topological polar surface area (TPSA) is 98.5 Å². The van der Waals surface area contributed by atoms with E-state index in [-0.39, 0.29) is 5.91 Å². The van der Waals surface area contributed by atoms with Crippen molar-refractivity contribution in [3.05, 3.63) is 67.1 Å². The maximum absolute atomic E-state index is 11.4. The van der Waals surface area contributed by atoms with Gasteiger partial charge in [0.05, 0.1) is 36.4 Å². The minimum Gasteiger partial charge on any atom is -0.472 e. The number of nitrogens with zero attached hydrogens (tertiary/aromatic N) is 4. The molecule has 0 saturated heterocycles. The van der Waals surface area contributed by atoms with Gasteiger partial charge in [-0.1, -0.05) is 6.07 Å². The quantitative estimate of drug-likeness (QED) is 0.475. The van der Waals surface area contributed by atoms with E-state index in [9.17, 15) is 4.79 Å². The summed E-state index contributed by atoms with van der Waals surface area (Å²) < 4.78 is 12.4. The zero-order valence-electron chi connectivity index (χ0n) is 16.3. The molecule has 1 amide bonds. The fourth-order valence-corrected chi connectivity index (χ4v) is 3.42. The predicted molar refractivity (Wildman–Crippen MR) is 111 cm³/mol. The monoisotopic (exact) mass is 399 g/mol. The molecule has 0 unspecified atom stereocenters. The summed E-state index contributed by atoms with van der Waals surface area (Å²) in [4.78, 5) is 16.0. The van der Waals surface area contributed by atoms with Crippen LogP contribution in [0.4, 0.5) is 5.69 Å². The standard InChI is InChI=1S/C22H17N5O3/c1-13-9-15(3-4-18(13)23-14(2)28)19-10-27-21(17-6-8-30-12-17)20(16-5-7-29-11-16)25-26-22(27)24-19/h3-12H,1-2H3,(H,23,28). The Labute approximate surface area is 171 Å². The Morgan fingerprint density at radius 1 is 1.00 bits per heavy atom. The van der Waals surface area contributed by atoms with Gasteiger partial charge in [-0.3, -0.25) is 9.20 Å². The maximum Gasteiger partial charge on any atom is 0.254 e. The molecule has 0 aliphatic rings. The molecule has 0 saturated carbocycles. The molecule has 8 nitrogen and oxygen atoms in total. The Morgan fingerprint density at radius 2 is 1.77 bits per heavy atom. The van der Waals surface area contributed by atoms with Crippen molar-refractivity contribution in [2.45, 2.75) is 13.8 Å². The molecule has 0 radical (unpaired) electrons. The summed E-state index contributed by atoms with van der Waals surface area (Å²) >= 11 is 0. The van der Waals surface area contributed by atoms with Gasteiger partial charge in [-0.2, -0.15) is 0 Å². The molecule has 5 aromatic rings. The van der Waals surface area contributed by atoms with Crippen molar-refractivity contribution in [1.82, 2.24) is 19.6 Å². The zero-order valence-corrected chi connectivity index (χ0v) is 16.3. The van der Waals surface area contributed by atoms with E-state index < -0.39 is 0 Å². The SMILES string of the molecule is CC(=O)Nc1ccc(-c2cn3c(-c4ccoc4)c(-c4ccoc4)nnc3n2)cc1C. The molecular weight excluding hydrogens is 382 g/mol. The lowest BCUT2D eigenvalue weighted by Crippen LogP contribution is -2.06. The average molecular weight is 399 g/mol. The largest absolute Gasteiger partial charge is 0.472 e. The van der Waals surface area contributed by atoms with E-state index in [1.807, 2.05) is 47.9 Å². The number of fused-ring (bicyclic) bond motifs is 1. The number of hydrogen-bond acceptors (Lipinski definition) is 6. The Bertz CT molecular complexity index is 1350. The fraction of sp³-hybridized carbons (Fsp3) is 0.0909. The summed E-state index contributed by atoms with van der Waals surface area (Å²) in [6.45, 7) is 3.43. The Kier molecular flexibility index (Phi) is 4.17. The van der Waals surface area contributed by atoms with Gasteiger partial charge < -0.3 is 14.2 Å². The lowest BCUT2D eigenvalue weighted by Gasteiger charge is -2.07. The first-order valence-corrected chi connectivity index (χ1v) is 9.29. The molecule has 148 valence electrons. The van der Waals surface area contributed by atoms with Crippen molar-refractivity contribution in [1.29, 1.82) is 0 Å². The van der Waals surface area contributed by atoms with Crippen LogP contribution in [0.2, 0.25) is 0 Å². The van der Waals surface area contributed by atoms with Gasteiger partial charge in [0.2, 0.25) is 5.91 Å². The number of hydrogen-bond donors (Lipinski definition) is 1. The van der Waals surface area contributed by atoms with Gasteiger partial charge in [0, 0.05) is 35.5 Å². The lowest BCUT2D eigenvalue weighted by atomic mass is 10.1. The van der Waals surface area contributed by atoms with E-state index in [2.05, 4.69) is 20.5 Å². The van der Waals surface area contributed by atoms with Crippen molar-refractivity contribution in [2.24, 2.45) is 0 Å². The predicted octanol–water partition coefficient (Wildman–Crippen LogP) is 4.58. The van der Waals surface area contributed by atoms with E-state index in [0.717, 1.165) is 39.3 Å². The third-order valence-electron chi connectivity index (χ3n) is 4.81. The van der Waals surface area contributed by atoms with E-state index >= 15 is 0 Å². The molecule has 0 bridgehead atoms. The Balaban J connectivity index is 1.67. The average Bonchev–Trinajstić information content (AvgIpc) is 3.49. The molecule has 0 aliphatic carbocycles. The van der Waals surface area contributed by atoms with Crippen molar-refractivity contribution in [2.75, 3.05) is 5.32 Å². The van der Waals surface area contributed by atoms with Crippen LogP contribution in [0.1, 0.15) is 12.5 Å². The van der Waals surface area contributed by atoms with Crippen LogP contribution < -0.4 is 5.32 Å². The van der Waals surface area contributed by atoms with Gasteiger partial charge in [0.25, 0.3) is 5.78 Å². The number of furan rings is 2. The summed E-state index contributed by atoms with van der Waals surface area (Å²) in [5.41, 5.74) is 6.51. The molecule has 0 atom stereocenters. The van der Waals surface area contributed by atoms with E-state index in [0.29, 0.717) is 11.5 Å². The Morgan fingerprint density at radius 3 is 2.43 bits per heavy atom. The fourth-order valence-electron chi connectivity index (χ4n) is 3.42. The van der Waals surface area contributed by atoms with E-state index in [1.54, 1.807) is 25.1 Å². The van der Waals surface area contributed by atoms with Crippen LogP contribution in [0.3, 0.4) is 0 Å². The third kappa shape index (κ3) is 3.04. The van der Waals surface area contributed by atoms with Crippen LogP contribution in [-0.4, -0.2) is 25.5 Å². The van der Waals surface area contributed by atoms with Crippen molar-refractivity contribution < 1.29 is 13.6 Å². The number of carbonyl (C=O) groups excluding carboxylic acids is 1. The molecule has 0 fully saturated rings. The highest BCUT2D eigenvalue weighted by Crippen LogP contribution is 2.32. The number of nitrogens with one attached hydrogen (secondary N) is 1. The van der Waals surface area contributed by atoms with Crippen LogP contribution in [0, 0.1) is 6.92 Å². The second-order valence-electron chi connectivity index (χ2n) is 6.93. The van der Waals surface area contributed by atoms with Crippen molar-refractivity contribution >= 4 is 17.4 Å². The number of aryl methyl sites for hydroxylation is 1. The minimum absolute atomic E-state index is 0.106. The normalized spacial score (nSPS) is 11.1. The van der Waals surface area contributed by atoms with Gasteiger partial charge in [-0.15, -0.1) is 10.2 Å². The molecule has 4 aromatic heterocycles. The highest BCUT2D eigenvalue weighted by atomic mass is 16.3. The third-order valence-corrected chi connectivity index (χ3v) is 4.81. The summed E-state index contributed by atoms with van der Waals surface area (Å²) in [6.07, 6.45) is 8.41. The highest BCUT2D eigenvalue weighted by molar-refractivity contribution is 5.90. The van der Waals surface area contributed by atoms with Crippen LogP contribution in [0.15, 0.2) is 70.4 Å². The van der Waals surface area contributed by atoms with Crippen LogP contribution in [0.5, 0.6) is 0 Å². The molecule has 30 heavy (non-hydrogen) atoms. The van der Waals surface area contributed by atoms with Gasteiger partial charge in [-0.25, -0.2) is 4.98 Å². The second kappa shape index (κ2) is 7.00. The smallest absolute Gasteiger partial charge is 0.254 e. The molecule has 1 aromatic carbocycles. The summed E-state index contributed by atoms with van der Waals surface area (Å²) in [5, 5.41) is 11.5. The molecule has 0 spiro atoms. The molecule has 8 heteroatoms. The first-order chi connectivity index (χ1) is 14.6. The van der Waals surface area contributed by atoms with E-state index in [4.69, 9.17) is 8.83 Å². The van der Waals surface area contributed by atoms with Gasteiger partial charge in [0.1, 0.15) is 5.69 Å². The van der Waals surface area contributed by atoms with Crippen LogP contribution in [0.25, 0.3) is 39.5 Å². The number of imidazole rings is 1. The summed E-state index contributed by atoms with van der Waals surface area (Å²) in [5.74, 6) is 0.363. The first-order valence-electron chi connectivity index (χ1n) is 9.29. The summed E-state index contributed by atoms with van der Waals surface area (Å²) in [7, 11) is 0. The van der Waals surface area contributed by atoms with Gasteiger partial charge in [0.15, 0.2) is 0 Å². The summed E-state index contributed by atoms with van der Waals surface area (Å²) in [6, 6.07) is 9.47. The van der Waals surface area contributed by atoms with Crippen molar-refractivity contribution in [3.63, 3.8) is 0 Å². The number of aromatic nitrogens is 4. The van der Waals surface area contributed by atoms with E-state index in [1.165, 1.54) is 6.92 Å². The molecule has 0 aliphatic heterocycles. The first kappa shape index (κ1) is 17.9. The molecular formula is C22H17N5O3. The van der Waals surface area contributed by atoms with Crippen molar-refractivity contribution in [3.8, 4) is 33.8 Å². The number of anilines is 1. The van der Waals surface area contributed by atoms with Gasteiger partial charge >= 0.3 is 0 Å². The highest BCUT2D eigenvalue weighted by Gasteiger charge is 2.19. The van der Waals surface area contributed by atoms with Crippen LogP contribution >= 0.6 is 0 Å². The zero-order chi connectivity index (χ0) is 20.7. The van der Waals surface area contributed by atoms with Gasteiger partial charge in [-0.05, 0) is 36.8 Å². The molecule has 4 heterocycles. The molecule has 5 rings (SSSR count).